The molecule has 2 aromatic rings. The number of amides is 2. The fourth-order valence-electron chi connectivity index (χ4n) is 4.01. The van der Waals surface area contributed by atoms with E-state index in [2.05, 4.69) is 52.8 Å². The van der Waals surface area contributed by atoms with Gasteiger partial charge in [-0.3, -0.25) is 0 Å². The van der Waals surface area contributed by atoms with Crippen LogP contribution in [0.3, 0.4) is 0 Å². The molecule has 0 bridgehead atoms. The Hall–Kier alpha value is -2.83. The first kappa shape index (κ1) is 22.8. The molecule has 3 rings (SSSR count). The fraction of sp³-hybridized carbons (Fsp3) is 0.542. The number of carbonyl (C=O) groups excluding carboxylic acids is 1. The molecule has 1 aromatic heterocycles. The predicted octanol–water partition coefficient (Wildman–Crippen LogP) is 4.63. The monoisotopic (exact) mass is 424 g/mol. The number of benzene rings is 1. The summed E-state index contributed by atoms with van der Waals surface area (Å²) in [5, 5.41) is 9.56. The Morgan fingerprint density at radius 1 is 1.10 bits per heavy atom. The number of nitrogens with zero attached hydrogens (tertiary/aromatic N) is 3. The molecule has 1 heterocycles. The molecule has 31 heavy (non-hydrogen) atoms. The first-order valence-corrected chi connectivity index (χ1v) is 11.1. The summed E-state index contributed by atoms with van der Waals surface area (Å²) in [5.74, 6) is 2.08. The van der Waals surface area contributed by atoms with Gasteiger partial charge in [-0.05, 0) is 54.7 Å². The number of hydrogen-bond donors (Lipinski definition) is 3. The molecule has 2 amide bonds. The van der Waals surface area contributed by atoms with Gasteiger partial charge in [-0.2, -0.15) is 4.98 Å². The molecule has 7 nitrogen and oxygen atoms in total. The molecule has 0 atom stereocenters. The zero-order valence-electron chi connectivity index (χ0n) is 19.4. The van der Waals surface area contributed by atoms with E-state index >= 15 is 0 Å². The number of hydrogen-bond acceptors (Lipinski definition) is 5. The Bertz CT molecular complexity index is 868. The second-order valence-corrected chi connectivity index (χ2v) is 9.63. The molecular weight excluding hydrogens is 388 g/mol. The zero-order chi connectivity index (χ0) is 22.4. The van der Waals surface area contributed by atoms with Crippen LogP contribution in [0.2, 0.25) is 0 Å². The van der Waals surface area contributed by atoms with Crippen molar-refractivity contribution in [2.45, 2.75) is 57.9 Å². The van der Waals surface area contributed by atoms with Gasteiger partial charge >= 0.3 is 6.03 Å². The quantitative estimate of drug-likeness (QED) is 0.630. The topological polar surface area (TPSA) is 82.2 Å². The second kappa shape index (κ2) is 9.98. The standard InChI is InChI=1S/C24H36N6O/c1-24(2,3)19-8-6-7-9-20(19)28-23(31)26-16-17-10-12-18(13-11-17)27-22-25-15-14-21(29-22)30(4)5/h6-9,14-15,17-18H,10-13,16H2,1-5H3,(H,25,27,29)(H2,26,28,31). The zero-order valence-corrected chi connectivity index (χ0v) is 19.4. The van der Waals surface area contributed by atoms with Crippen LogP contribution < -0.4 is 20.9 Å². The first-order chi connectivity index (χ1) is 14.7. The number of nitrogens with one attached hydrogen (secondary N) is 3. The molecule has 3 N–H and O–H groups in total. The summed E-state index contributed by atoms with van der Waals surface area (Å²) in [4.78, 5) is 23.3. The number of para-hydroxylation sites is 1. The van der Waals surface area contributed by atoms with Crippen LogP contribution in [0.25, 0.3) is 0 Å². The van der Waals surface area contributed by atoms with Crippen molar-refractivity contribution in [3.63, 3.8) is 0 Å². The minimum atomic E-state index is -0.133. The Balaban J connectivity index is 1.44. The molecule has 0 radical (unpaired) electrons. The lowest BCUT2D eigenvalue weighted by atomic mass is 9.85. The molecule has 1 aliphatic carbocycles. The van der Waals surface area contributed by atoms with Gasteiger partial charge < -0.3 is 20.9 Å². The van der Waals surface area contributed by atoms with E-state index in [1.807, 2.05) is 43.3 Å². The van der Waals surface area contributed by atoms with Crippen LogP contribution in [-0.4, -0.2) is 42.7 Å². The van der Waals surface area contributed by atoms with Crippen LogP contribution in [0.1, 0.15) is 52.0 Å². The van der Waals surface area contributed by atoms with Crippen molar-refractivity contribution in [2.75, 3.05) is 36.2 Å². The van der Waals surface area contributed by atoms with Gasteiger partial charge in [0.15, 0.2) is 0 Å². The van der Waals surface area contributed by atoms with Gasteiger partial charge in [-0.1, -0.05) is 39.0 Å². The highest BCUT2D eigenvalue weighted by molar-refractivity contribution is 5.90. The van der Waals surface area contributed by atoms with E-state index in [1.165, 1.54) is 0 Å². The number of anilines is 3. The average molecular weight is 425 g/mol. The van der Waals surface area contributed by atoms with Crippen molar-refractivity contribution in [1.29, 1.82) is 0 Å². The van der Waals surface area contributed by atoms with Crippen molar-refractivity contribution in [2.24, 2.45) is 5.92 Å². The lowest BCUT2D eigenvalue weighted by molar-refractivity contribution is 0.246. The highest BCUT2D eigenvalue weighted by Gasteiger charge is 2.23. The summed E-state index contributed by atoms with van der Waals surface area (Å²) >= 11 is 0. The van der Waals surface area contributed by atoms with Crippen LogP contribution in [0.4, 0.5) is 22.2 Å². The van der Waals surface area contributed by atoms with E-state index in [0.29, 0.717) is 24.5 Å². The number of rotatable bonds is 6. The molecule has 0 aliphatic heterocycles. The molecule has 0 saturated heterocycles. The molecule has 1 saturated carbocycles. The van der Waals surface area contributed by atoms with E-state index in [9.17, 15) is 4.79 Å². The van der Waals surface area contributed by atoms with Gasteiger partial charge in [0.2, 0.25) is 5.95 Å². The number of carbonyl (C=O) groups is 1. The van der Waals surface area contributed by atoms with Crippen molar-refractivity contribution in [1.82, 2.24) is 15.3 Å². The van der Waals surface area contributed by atoms with Gasteiger partial charge in [0, 0.05) is 38.6 Å². The summed E-state index contributed by atoms with van der Waals surface area (Å²) in [7, 11) is 3.95. The van der Waals surface area contributed by atoms with Crippen molar-refractivity contribution in [3.8, 4) is 0 Å². The van der Waals surface area contributed by atoms with Crippen LogP contribution >= 0.6 is 0 Å². The van der Waals surface area contributed by atoms with Crippen LogP contribution in [-0.2, 0) is 5.41 Å². The second-order valence-electron chi connectivity index (χ2n) is 9.63. The molecule has 0 spiro atoms. The summed E-state index contributed by atoms with van der Waals surface area (Å²) in [6.07, 6.45) is 6.04. The third-order valence-corrected chi connectivity index (χ3v) is 5.81. The van der Waals surface area contributed by atoms with Crippen molar-refractivity contribution < 1.29 is 4.79 Å². The van der Waals surface area contributed by atoms with Gasteiger partial charge in [-0.25, -0.2) is 9.78 Å². The Kier molecular flexibility index (Phi) is 7.36. The Morgan fingerprint density at radius 2 is 1.81 bits per heavy atom. The maximum Gasteiger partial charge on any atom is 0.319 e. The molecule has 1 fully saturated rings. The Morgan fingerprint density at radius 3 is 2.48 bits per heavy atom. The predicted molar refractivity (Wildman–Crippen MR) is 128 cm³/mol. The Labute approximate surface area is 186 Å². The minimum absolute atomic E-state index is 0.0228. The highest BCUT2D eigenvalue weighted by Crippen LogP contribution is 2.29. The fourth-order valence-corrected chi connectivity index (χ4v) is 4.01. The third-order valence-electron chi connectivity index (χ3n) is 5.81. The average Bonchev–Trinajstić information content (AvgIpc) is 2.73. The lowest BCUT2D eigenvalue weighted by Gasteiger charge is -2.29. The SMILES string of the molecule is CN(C)c1ccnc(NC2CCC(CNC(=O)Nc3ccccc3C(C)(C)C)CC2)n1. The number of aromatic nitrogens is 2. The minimum Gasteiger partial charge on any atom is -0.363 e. The van der Waals surface area contributed by atoms with E-state index in [-0.39, 0.29) is 11.4 Å². The molecule has 168 valence electrons. The van der Waals surface area contributed by atoms with Gasteiger partial charge in [0.25, 0.3) is 0 Å². The van der Waals surface area contributed by atoms with Crippen LogP contribution in [0.5, 0.6) is 0 Å². The van der Waals surface area contributed by atoms with E-state index in [0.717, 1.165) is 42.8 Å². The molecular formula is C24H36N6O. The molecule has 0 unspecified atom stereocenters. The molecule has 7 heteroatoms. The summed E-state index contributed by atoms with van der Waals surface area (Å²) in [5.41, 5.74) is 1.99. The highest BCUT2D eigenvalue weighted by atomic mass is 16.2. The van der Waals surface area contributed by atoms with Gasteiger partial charge in [0.05, 0.1) is 0 Å². The van der Waals surface area contributed by atoms with Crippen molar-refractivity contribution >= 4 is 23.5 Å². The smallest absolute Gasteiger partial charge is 0.319 e. The number of urea groups is 1. The summed E-state index contributed by atoms with van der Waals surface area (Å²) in [6, 6.07) is 10.1. The maximum absolute atomic E-state index is 12.5. The normalized spacial score (nSPS) is 18.9. The van der Waals surface area contributed by atoms with E-state index in [4.69, 9.17) is 0 Å². The van der Waals surface area contributed by atoms with Gasteiger partial charge in [0.1, 0.15) is 5.82 Å². The maximum atomic E-state index is 12.5. The van der Waals surface area contributed by atoms with Crippen molar-refractivity contribution in [3.05, 3.63) is 42.1 Å². The first-order valence-electron chi connectivity index (χ1n) is 11.1. The summed E-state index contributed by atoms with van der Waals surface area (Å²) in [6.45, 7) is 7.15. The van der Waals surface area contributed by atoms with Gasteiger partial charge in [-0.15, -0.1) is 0 Å². The largest absolute Gasteiger partial charge is 0.363 e. The van der Waals surface area contributed by atoms with E-state index < -0.39 is 0 Å². The molecule has 1 aliphatic rings. The lowest BCUT2D eigenvalue weighted by Crippen LogP contribution is -2.36. The van der Waals surface area contributed by atoms with Crippen LogP contribution in [0, 0.1) is 5.92 Å². The van der Waals surface area contributed by atoms with Crippen LogP contribution in [0.15, 0.2) is 36.5 Å². The summed E-state index contributed by atoms with van der Waals surface area (Å²) < 4.78 is 0. The third kappa shape index (κ3) is 6.57. The van der Waals surface area contributed by atoms with E-state index in [1.54, 1.807) is 6.20 Å². The molecule has 1 aromatic carbocycles.